The van der Waals surface area contributed by atoms with Crippen LogP contribution in [0.5, 0.6) is 0 Å². The predicted molar refractivity (Wildman–Crippen MR) is 86.3 cm³/mol. The molecule has 0 saturated carbocycles. The molecule has 2 aromatic rings. The normalized spacial score (nSPS) is 10.2. The number of thiocarbonyl (C=S) groups is 1. The average molecular weight is 374 g/mol. The number of amides is 1. The van der Waals surface area contributed by atoms with Crippen LogP contribution in [0.25, 0.3) is 0 Å². The summed E-state index contributed by atoms with van der Waals surface area (Å²) >= 11 is 14.2. The summed E-state index contributed by atoms with van der Waals surface area (Å²) in [6, 6.07) is 8.58. The minimum absolute atomic E-state index is 0.170. The minimum atomic E-state index is -0.423. The number of carbonyl (C=O) groups excluding carboxylic acids is 1. The van der Waals surface area contributed by atoms with Gasteiger partial charge in [0.1, 0.15) is 0 Å². The molecule has 2 N–H and O–H groups in total. The van der Waals surface area contributed by atoms with Crippen LogP contribution >= 0.6 is 39.7 Å². The first-order valence-electron chi connectivity index (χ1n) is 5.60. The van der Waals surface area contributed by atoms with Crippen molar-refractivity contribution in [1.29, 1.82) is 0 Å². The molecule has 0 aliphatic rings. The molecule has 0 unspecified atom stereocenters. The van der Waals surface area contributed by atoms with Gasteiger partial charge < -0.3 is 9.73 Å². The minimum Gasteiger partial charge on any atom is -0.444 e. The van der Waals surface area contributed by atoms with Gasteiger partial charge in [0.05, 0.1) is 0 Å². The summed E-state index contributed by atoms with van der Waals surface area (Å²) in [6.07, 6.45) is 0. The Morgan fingerprint density at radius 3 is 2.75 bits per heavy atom. The largest absolute Gasteiger partial charge is 0.444 e. The van der Waals surface area contributed by atoms with E-state index in [0.29, 0.717) is 9.69 Å². The molecule has 20 heavy (non-hydrogen) atoms. The molecular weight excluding hydrogens is 364 g/mol. The highest BCUT2D eigenvalue weighted by Gasteiger charge is 2.12. The third-order valence-corrected chi connectivity index (χ3v) is 3.58. The summed E-state index contributed by atoms with van der Waals surface area (Å²) in [6.45, 7) is 1.86. The first-order valence-corrected chi connectivity index (χ1v) is 7.18. The van der Waals surface area contributed by atoms with E-state index in [0.717, 1.165) is 11.3 Å². The van der Waals surface area contributed by atoms with Gasteiger partial charge in [-0.1, -0.05) is 17.7 Å². The maximum atomic E-state index is 11.8. The summed E-state index contributed by atoms with van der Waals surface area (Å²) in [7, 11) is 0. The van der Waals surface area contributed by atoms with Crippen molar-refractivity contribution in [3.63, 3.8) is 0 Å². The second-order valence-electron chi connectivity index (χ2n) is 3.92. The summed E-state index contributed by atoms with van der Waals surface area (Å²) in [5.74, 6) is -0.253. The molecule has 1 aromatic carbocycles. The number of hydrogen-bond acceptors (Lipinski definition) is 3. The molecule has 0 radical (unpaired) electrons. The van der Waals surface area contributed by atoms with Gasteiger partial charge in [-0.3, -0.25) is 10.1 Å². The molecule has 2 rings (SSSR count). The molecule has 1 heterocycles. The number of hydrogen-bond donors (Lipinski definition) is 2. The van der Waals surface area contributed by atoms with Gasteiger partial charge in [0.2, 0.25) is 0 Å². The van der Waals surface area contributed by atoms with E-state index in [1.807, 2.05) is 13.0 Å². The smallest absolute Gasteiger partial charge is 0.293 e. The van der Waals surface area contributed by atoms with Crippen molar-refractivity contribution in [2.24, 2.45) is 0 Å². The molecule has 0 atom stereocenters. The van der Waals surface area contributed by atoms with E-state index < -0.39 is 5.91 Å². The van der Waals surface area contributed by atoms with E-state index in [1.54, 1.807) is 24.3 Å². The van der Waals surface area contributed by atoms with Crippen LogP contribution in [0.2, 0.25) is 5.02 Å². The van der Waals surface area contributed by atoms with Gasteiger partial charge in [0.15, 0.2) is 15.5 Å². The van der Waals surface area contributed by atoms with Gasteiger partial charge >= 0.3 is 0 Å². The Balaban J connectivity index is 2.02. The van der Waals surface area contributed by atoms with Crippen molar-refractivity contribution in [3.05, 3.63) is 51.3 Å². The van der Waals surface area contributed by atoms with E-state index in [2.05, 4.69) is 26.6 Å². The van der Waals surface area contributed by atoms with Crippen molar-refractivity contribution in [3.8, 4) is 0 Å². The standard InChI is InChI=1S/C13H10BrClN2O2S/c1-7-8(15)3-2-4-9(7)16-13(20)17-12(18)10-5-6-11(14)19-10/h2-6H,1H3,(H2,16,17,18,20). The van der Waals surface area contributed by atoms with Crippen LogP contribution < -0.4 is 10.6 Å². The molecular formula is C13H10BrClN2O2S. The zero-order chi connectivity index (χ0) is 14.7. The third kappa shape index (κ3) is 3.59. The second-order valence-corrected chi connectivity index (χ2v) is 5.52. The van der Waals surface area contributed by atoms with Crippen LogP contribution in [-0.4, -0.2) is 11.0 Å². The number of halogens is 2. The van der Waals surface area contributed by atoms with Crippen molar-refractivity contribution >= 4 is 56.5 Å². The highest BCUT2D eigenvalue weighted by molar-refractivity contribution is 9.10. The highest BCUT2D eigenvalue weighted by Crippen LogP contribution is 2.22. The maximum absolute atomic E-state index is 11.8. The van der Waals surface area contributed by atoms with Crippen LogP contribution in [0.15, 0.2) is 39.4 Å². The van der Waals surface area contributed by atoms with E-state index in [-0.39, 0.29) is 10.9 Å². The number of nitrogens with one attached hydrogen (secondary N) is 2. The number of furan rings is 1. The molecule has 0 saturated heterocycles. The first kappa shape index (κ1) is 15.0. The Hall–Kier alpha value is -1.37. The Morgan fingerprint density at radius 1 is 1.35 bits per heavy atom. The molecule has 0 aliphatic carbocycles. The van der Waals surface area contributed by atoms with Crippen molar-refractivity contribution in [2.45, 2.75) is 6.92 Å². The van der Waals surface area contributed by atoms with Crippen LogP contribution in [-0.2, 0) is 0 Å². The maximum Gasteiger partial charge on any atom is 0.293 e. The SMILES string of the molecule is Cc1c(Cl)cccc1NC(=S)NC(=O)c1ccc(Br)o1. The van der Waals surface area contributed by atoms with Crippen molar-refractivity contribution < 1.29 is 9.21 Å². The summed E-state index contributed by atoms with van der Waals surface area (Å²) < 4.78 is 5.61. The van der Waals surface area contributed by atoms with Gasteiger partial charge in [0.25, 0.3) is 5.91 Å². The van der Waals surface area contributed by atoms with E-state index >= 15 is 0 Å². The van der Waals surface area contributed by atoms with Gasteiger partial charge in [-0.05, 0) is 64.9 Å². The Bertz CT molecular complexity index is 672. The number of benzene rings is 1. The lowest BCUT2D eigenvalue weighted by atomic mass is 10.2. The fraction of sp³-hybridized carbons (Fsp3) is 0.0769. The zero-order valence-corrected chi connectivity index (χ0v) is 13.5. The van der Waals surface area contributed by atoms with E-state index in [1.165, 1.54) is 0 Å². The first-order chi connectivity index (χ1) is 9.47. The molecule has 1 amide bonds. The lowest BCUT2D eigenvalue weighted by molar-refractivity contribution is 0.0949. The Kier molecular flexibility index (Phi) is 4.80. The molecule has 1 aromatic heterocycles. The Morgan fingerprint density at radius 2 is 2.10 bits per heavy atom. The zero-order valence-electron chi connectivity index (χ0n) is 10.4. The van der Waals surface area contributed by atoms with Gasteiger partial charge in [0, 0.05) is 10.7 Å². The number of carbonyl (C=O) groups is 1. The third-order valence-electron chi connectivity index (χ3n) is 2.54. The lowest BCUT2D eigenvalue weighted by Gasteiger charge is -2.11. The fourth-order valence-corrected chi connectivity index (χ4v) is 2.18. The summed E-state index contributed by atoms with van der Waals surface area (Å²) in [4.78, 5) is 11.8. The molecule has 104 valence electrons. The van der Waals surface area contributed by atoms with Crippen LogP contribution in [0.1, 0.15) is 16.1 Å². The van der Waals surface area contributed by atoms with Gasteiger partial charge in [-0.25, -0.2) is 0 Å². The quantitative estimate of drug-likeness (QED) is 0.777. The summed E-state index contributed by atoms with van der Waals surface area (Å²) in [5, 5.41) is 6.25. The summed E-state index contributed by atoms with van der Waals surface area (Å²) in [5.41, 5.74) is 1.59. The van der Waals surface area contributed by atoms with Crippen LogP contribution in [0.4, 0.5) is 5.69 Å². The number of rotatable bonds is 2. The highest BCUT2D eigenvalue weighted by atomic mass is 79.9. The predicted octanol–water partition coefficient (Wildman–Crippen LogP) is 4.13. The van der Waals surface area contributed by atoms with Gasteiger partial charge in [-0.2, -0.15) is 0 Å². The molecule has 0 fully saturated rings. The van der Waals surface area contributed by atoms with Crippen molar-refractivity contribution in [1.82, 2.24) is 5.32 Å². The molecule has 0 bridgehead atoms. The molecule has 7 heteroatoms. The van der Waals surface area contributed by atoms with Crippen molar-refractivity contribution in [2.75, 3.05) is 5.32 Å². The van der Waals surface area contributed by atoms with E-state index in [9.17, 15) is 4.79 Å². The topological polar surface area (TPSA) is 54.3 Å². The Labute approximate surface area is 134 Å². The monoisotopic (exact) mass is 372 g/mol. The van der Waals surface area contributed by atoms with Gasteiger partial charge in [-0.15, -0.1) is 0 Å². The molecule has 0 spiro atoms. The van der Waals surface area contributed by atoms with Crippen LogP contribution in [0.3, 0.4) is 0 Å². The van der Waals surface area contributed by atoms with E-state index in [4.69, 9.17) is 28.2 Å². The fourth-order valence-electron chi connectivity index (χ4n) is 1.50. The molecule has 4 nitrogen and oxygen atoms in total. The second kappa shape index (κ2) is 6.39. The molecule has 0 aliphatic heterocycles. The lowest BCUT2D eigenvalue weighted by Crippen LogP contribution is -2.34. The number of anilines is 1. The van der Waals surface area contributed by atoms with Crippen LogP contribution in [0, 0.1) is 6.92 Å². The average Bonchev–Trinajstić information content (AvgIpc) is 2.82.